The molecule has 0 saturated heterocycles. The average molecular weight is 507 g/mol. The third-order valence-corrected chi connectivity index (χ3v) is 8.81. The van der Waals surface area contributed by atoms with Crippen LogP contribution in [-0.4, -0.2) is 28.2 Å². The van der Waals surface area contributed by atoms with Crippen molar-refractivity contribution in [1.29, 1.82) is 0 Å². The fourth-order valence-electron chi connectivity index (χ4n) is 6.59. The van der Waals surface area contributed by atoms with Crippen LogP contribution in [0.25, 0.3) is 0 Å². The summed E-state index contributed by atoms with van der Waals surface area (Å²) in [7, 11) is 0. The normalized spacial score (nSPS) is 21.7. The number of benzene rings is 2. The second kappa shape index (κ2) is 13.5. The van der Waals surface area contributed by atoms with Gasteiger partial charge in [0.2, 0.25) is 0 Å². The van der Waals surface area contributed by atoms with E-state index in [2.05, 4.69) is 37.3 Å². The second-order valence-electron chi connectivity index (χ2n) is 11.8. The van der Waals surface area contributed by atoms with E-state index >= 15 is 0 Å². The number of ether oxygens (including phenoxy) is 1. The summed E-state index contributed by atoms with van der Waals surface area (Å²) in [6.45, 7) is 2.14. The van der Waals surface area contributed by atoms with Crippen LogP contribution in [-0.2, 0) is 17.6 Å². The van der Waals surface area contributed by atoms with Gasteiger partial charge in [-0.05, 0) is 86.0 Å². The number of unbranched alkanes of at least 4 members (excludes halogenated alkanes) is 2. The van der Waals surface area contributed by atoms with Gasteiger partial charge in [0, 0.05) is 12.8 Å². The number of ketones is 1. The number of hydrogen-bond donors (Lipinski definition) is 2. The van der Waals surface area contributed by atoms with E-state index in [0.717, 1.165) is 44.1 Å². The molecule has 0 aromatic heterocycles. The predicted molar refractivity (Wildman–Crippen MR) is 149 cm³/mol. The van der Waals surface area contributed by atoms with Crippen molar-refractivity contribution in [3.63, 3.8) is 0 Å². The zero-order chi connectivity index (χ0) is 26.1. The summed E-state index contributed by atoms with van der Waals surface area (Å²) in [5, 5.41) is 20.8. The van der Waals surface area contributed by atoms with Crippen molar-refractivity contribution in [3.05, 3.63) is 59.7 Å². The smallest absolute Gasteiger partial charge is 0.161 e. The highest BCUT2D eigenvalue weighted by Crippen LogP contribution is 2.51. The molecule has 1 spiro atoms. The van der Waals surface area contributed by atoms with E-state index in [1.807, 2.05) is 12.1 Å². The topological polar surface area (TPSA) is 66.8 Å². The van der Waals surface area contributed by atoms with Crippen molar-refractivity contribution in [1.82, 2.24) is 0 Å². The number of phenols is 1. The summed E-state index contributed by atoms with van der Waals surface area (Å²) in [6.07, 6.45) is 14.4. The quantitative estimate of drug-likeness (QED) is 0.275. The van der Waals surface area contributed by atoms with E-state index in [4.69, 9.17) is 4.74 Å². The van der Waals surface area contributed by atoms with Gasteiger partial charge < -0.3 is 14.9 Å². The maximum absolute atomic E-state index is 12.4. The highest BCUT2D eigenvalue weighted by molar-refractivity contribution is 5.79. The van der Waals surface area contributed by atoms with Gasteiger partial charge in [-0.25, -0.2) is 0 Å². The lowest BCUT2D eigenvalue weighted by atomic mass is 9.67. The molecule has 2 fully saturated rings. The van der Waals surface area contributed by atoms with Gasteiger partial charge in [0.1, 0.15) is 11.9 Å². The molecule has 2 aliphatic carbocycles. The van der Waals surface area contributed by atoms with Crippen molar-refractivity contribution in [2.24, 2.45) is 11.3 Å². The minimum absolute atomic E-state index is 0.0769. The first-order valence-electron chi connectivity index (χ1n) is 14.7. The lowest BCUT2D eigenvalue weighted by molar-refractivity contribution is -0.121. The molecule has 0 radical (unpaired) electrons. The van der Waals surface area contributed by atoms with Gasteiger partial charge in [0.25, 0.3) is 0 Å². The maximum atomic E-state index is 12.4. The molecule has 3 atom stereocenters. The zero-order valence-corrected chi connectivity index (χ0v) is 22.7. The summed E-state index contributed by atoms with van der Waals surface area (Å²) in [5.41, 5.74) is 2.74. The monoisotopic (exact) mass is 506 g/mol. The lowest BCUT2D eigenvalue weighted by Gasteiger charge is -2.43. The van der Waals surface area contributed by atoms with E-state index < -0.39 is 6.10 Å². The molecule has 4 rings (SSSR count). The van der Waals surface area contributed by atoms with Crippen molar-refractivity contribution < 1.29 is 19.7 Å². The summed E-state index contributed by atoms with van der Waals surface area (Å²) in [6, 6.07) is 16.2. The average Bonchev–Trinajstić information content (AvgIpc) is 3.34. The first-order valence-corrected chi connectivity index (χ1v) is 14.7. The van der Waals surface area contributed by atoms with Gasteiger partial charge in [-0.3, -0.25) is 4.79 Å². The van der Waals surface area contributed by atoms with Gasteiger partial charge in [0.15, 0.2) is 11.5 Å². The van der Waals surface area contributed by atoms with Crippen LogP contribution < -0.4 is 4.74 Å². The van der Waals surface area contributed by atoms with Crippen molar-refractivity contribution in [2.75, 3.05) is 0 Å². The van der Waals surface area contributed by atoms with E-state index in [0.29, 0.717) is 36.3 Å². The van der Waals surface area contributed by atoms with E-state index in [1.165, 1.54) is 37.7 Å². The minimum Gasteiger partial charge on any atom is -0.504 e. The van der Waals surface area contributed by atoms with Gasteiger partial charge in [-0.15, -0.1) is 0 Å². The van der Waals surface area contributed by atoms with Crippen molar-refractivity contribution >= 4 is 5.78 Å². The molecule has 37 heavy (non-hydrogen) atoms. The second-order valence-corrected chi connectivity index (χ2v) is 11.8. The molecule has 0 heterocycles. The van der Waals surface area contributed by atoms with Crippen LogP contribution in [0.4, 0.5) is 0 Å². The molecule has 2 aromatic carbocycles. The number of phenolic OH excluding ortho intramolecular Hbond substituents is 1. The Morgan fingerprint density at radius 1 is 1.05 bits per heavy atom. The molecule has 0 aliphatic heterocycles. The van der Waals surface area contributed by atoms with E-state index in [9.17, 15) is 15.0 Å². The van der Waals surface area contributed by atoms with Crippen LogP contribution in [0.15, 0.2) is 48.5 Å². The predicted octanol–water partition coefficient (Wildman–Crippen LogP) is 7.58. The number of carbonyl (C=O) groups excluding carboxylic acids is 1. The molecular weight excluding hydrogens is 460 g/mol. The van der Waals surface area contributed by atoms with Gasteiger partial charge >= 0.3 is 0 Å². The number of Topliss-reactive ketones (excluding diaryl/α,β-unsaturated/α-hetero) is 1. The molecule has 0 amide bonds. The number of aromatic hydroxyl groups is 1. The van der Waals surface area contributed by atoms with Crippen molar-refractivity contribution in [3.8, 4) is 11.5 Å². The Labute approximate surface area is 223 Å². The molecule has 2 aliphatic rings. The third-order valence-electron chi connectivity index (χ3n) is 8.81. The summed E-state index contributed by atoms with van der Waals surface area (Å²) in [4.78, 5) is 12.4. The Morgan fingerprint density at radius 2 is 1.84 bits per heavy atom. The summed E-state index contributed by atoms with van der Waals surface area (Å²) < 4.78 is 6.65. The number of aryl methyl sites for hydroxylation is 1. The van der Waals surface area contributed by atoms with Crippen LogP contribution in [0.2, 0.25) is 0 Å². The number of aliphatic hydroxyl groups excluding tert-OH is 1. The summed E-state index contributed by atoms with van der Waals surface area (Å²) >= 11 is 0. The van der Waals surface area contributed by atoms with Gasteiger partial charge in [-0.1, -0.05) is 75.4 Å². The van der Waals surface area contributed by atoms with E-state index in [-0.39, 0.29) is 24.1 Å². The van der Waals surface area contributed by atoms with Crippen LogP contribution in [0, 0.1) is 11.3 Å². The Balaban J connectivity index is 1.39. The zero-order valence-electron chi connectivity index (χ0n) is 22.7. The SMILES string of the molecule is CCCCC[C@@H](O)CC(=O)CCc1ccc(O)c(O[C@@H]2CC3(CCCC3)CC[C@H]2Cc2ccccc2)c1. The Morgan fingerprint density at radius 3 is 2.59 bits per heavy atom. The van der Waals surface area contributed by atoms with Crippen LogP contribution in [0.1, 0.15) is 102 Å². The van der Waals surface area contributed by atoms with Gasteiger partial charge in [-0.2, -0.15) is 0 Å². The highest BCUT2D eigenvalue weighted by Gasteiger charge is 2.43. The molecule has 2 N–H and O–H groups in total. The van der Waals surface area contributed by atoms with Crippen molar-refractivity contribution in [2.45, 2.75) is 115 Å². The number of aliphatic hydroxyl groups is 1. The molecule has 2 aromatic rings. The van der Waals surface area contributed by atoms with Crippen LogP contribution >= 0.6 is 0 Å². The lowest BCUT2D eigenvalue weighted by Crippen LogP contribution is -2.40. The number of carbonyl (C=O) groups is 1. The first kappa shape index (κ1) is 27.7. The molecular formula is C33H46O4. The third kappa shape index (κ3) is 8.07. The molecule has 0 unspecified atom stereocenters. The standard InChI is InChI=1S/C33H46O4/c1-2-3-5-12-28(34)23-29(35)15-13-26-14-16-30(36)31(22-26)37-32-24-33(18-8-9-19-33)20-17-27(32)21-25-10-6-4-7-11-25/h4,6-7,10-11,14,16,22,27-28,32,34,36H,2-3,5,8-9,12-13,15,17-21,23-24H2,1H3/t27-,28+,32+/m0/s1. The molecule has 2 saturated carbocycles. The van der Waals surface area contributed by atoms with Gasteiger partial charge in [0.05, 0.1) is 6.10 Å². The highest BCUT2D eigenvalue weighted by atomic mass is 16.5. The summed E-state index contributed by atoms with van der Waals surface area (Å²) in [5.74, 6) is 1.24. The van der Waals surface area contributed by atoms with E-state index in [1.54, 1.807) is 6.07 Å². The largest absolute Gasteiger partial charge is 0.504 e. The fraction of sp³-hybridized carbons (Fsp3) is 0.606. The maximum Gasteiger partial charge on any atom is 0.161 e. The molecule has 4 nitrogen and oxygen atoms in total. The Kier molecular flexibility index (Phi) is 10.1. The minimum atomic E-state index is -0.534. The van der Waals surface area contributed by atoms with Crippen LogP contribution in [0.3, 0.4) is 0 Å². The number of rotatable bonds is 13. The Bertz CT molecular complexity index is 979. The molecule has 202 valence electrons. The molecule has 0 bridgehead atoms. The number of hydrogen-bond acceptors (Lipinski definition) is 4. The first-order chi connectivity index (χ1) is 18.0. The Hall–Kier alpha value is -2.33. The van der Waals surface area contributed by atoms with Crippen LogP contribution in [0.5, 0.6) is 11.5 Å². The molecule has 4 heteroatoms. The fourth-order valence-corrected chi connectivity index (χ4v) is 6.59.